The molecule has 0 radical (unpaired) electrons. The second-order valence-corrected chi connectivity index (χ2v) is 9.26. The lowest BCUT2D eigenvalue weighted by Gasteiger charge is -2.35. The number of halogens is 3. The van der Waals surface area contributed by atoms with E-state index in [-0.39, 0.29) is 36.5 Å². The summed E-state index contributed by atoms with van der Waals surface area (Å²) in [6.45, 7) is 5.35. The van der Waals surface area contributed by atoms with Gasteiger partial charge in [-0.2, -0.15) is 17.5 Å². The molecule has 1 fully saturated rings. The molecule has 0 atom stereocenters. The number of carbonyl (C=O) groups excluding carboxylic acids is 1. The van der Waals surface area contributed by atoms with Gasteiger partial charge >= 0.3 is 12.3 Å². The van der Waals surface area contributed by atoms with Gasteiger partial charge in [0.25, 0.3) is 0 Å². The first-order valence-electron chi connectivity index (χ1n) is 8.38. The van der Waals surface area contributed by atoms with Crippen molar-refractivity contribution in [1.82, 2.24) is 9.21 Å². The summed E-state index contributed by atoms with van der Waals surface area (Å²) in [5.74, 6) is 0. The molecule has 1 amide bonds. The van der Waals surface area contributed by atoms with Crippen LogP contribution in [0.5, 0.6) is 0 Å². The lowest BCUT2D eigenvalue weighted by Crippen LogP contribution is -2.52. The number of amides is 1. The molecule has 11 heteroatoms. The van der Waals surface area contributed by atoms with Gasteiger partial charge in [0.1, 0.15) is 13.4 Å². The molecule has 1 aliphatic heterocycles. The van der Waals surface area contributed by atoms with Crippen LogP contribution < -0.4 is 5.46 Å². The molecule has 0 saturated carbocycles. The van der Waals surface area contributed by atoms with E-state index in [2.05, 4.69) is 0 Å². The van der Waals surface area contributed by atoms with Crippen molar-refractivity contribution < 1.29 is 31.1 Å². The first-order valence-corrected chi connectivity index (χ1v) is 9.82. The quantitative estimate of drug-likeness (QED) is 0.693. The van der Waals surface area contributed by atoms with Crippen molar-refractivity contribution >= 4 is 29.4 Å². The van der Waals surface area contributed by atoms with Gasteiger partial charge in [-0.3, -0.25) is 0 Å². The average molecular weight is 406 g/mol. The fraction of sp³-hybridized carbons (Fsp3) is 0.562. The smallest absolute Gasteiger partial charge is 0.416 e. The Morgan fingerprint density at radius 1 is 1.11 bits per heavy atom. The third-order valence-electron chi connectivity index (χ3n) is 4.02. The number of rotatable bonds is 2. The second kappa shape index (κ2) is 7.35. The minimum absolute atomic E-state index is 0.0166. The zero-order valence-corrected chi connectivity index (χ0v) is 16.4. The van der Waals surface area contributed by atoms with E-state index >= 15 is 0 Å². The van der Waals surface area contributed by atoms with Crippen LogP contribution in [0.1, 0.15) is 26.3 Å². The van der Waals surface area contributed by atoms with Gasteiger partial charge in [0.05, 0.1) is 10.5 Å². The molecule has 0 spiro atoms. The van der Waals surface area contributed by atoms with Gasteiger partial charge in [0.15, 0.2) is 0 Å². The molecule has 0 unspecified atom stereocenters. The van der Waals surface area contributed by atoms with Gasteiger partial charge in [-0.1, -0.05) is 17.6 Å². The number of sulfonamides is 1. The van der Waals surface area contributed by atoms with Gasteiger partial charge in [-0.05, 0) is 26.8 Å². The molecule has 1 aromatic rings. The van der Waals surface area contributed by atoms with E-state index < -0.39 is 33.5 Å². The van der Waals surface area contributed by atoms with Crippen LogP contribution in [0.15, 0.2) is 23.1 Å². The van der Waals surface area contributed by atoms with E-state index in [0.717, 1.165) is 16.4 Å². The van der Waals surface area contributed by atoms with Crippen molar-refractivity contribution in [2.75, 3.05) is 26.2 Å². The Morgan fingerprint density at radius 3 is 2.15 bits per heavy atom. The fourth-order valence-corrected chi connectivity index (χ4v) is 4.30. The molecule has 1 heterocycles. The number of hydrogen-bond donors (Lipinski definition) is 0. The summed E-state index contributed by atoms with van der Waals surface area (Å²) in [4.78, 5) is 13.1. The molecule has 0 aromatic heterocycles. The first kappa shape index (κ1) is 21.6. The van der Waals surface area contributed by atoms with E-state index in [1.54, 1.807) is 20.8 Å². The third kappa shape index (κ3) is 5.16. The summed E-state index contributed by atoms with van der Waals surface area (Å²) in [7, 11) is -2.66. The predicted octanol–water partition coefficient (Wildman–Crippen LogP) is 1.21. The molecule has 0 aliphatic carbocycles. The van der Waals surface area contributed by atoms with Crippen LogP contribution in [0.2, 0.25) is 0 Å². The number of ether oxygens (including phenoxy) is 1. The molecule has 2 rings (SSSR count). The molecule has 0 N–H and O–H groups in total. The lowest BCUT2D eigenvalue weighted by molar-refractivity contribution is -0.137. The molecule has 0 bridgehead atoms. The Morgan fingerprint density at radius 2 is 1.67 bits per heavy atom. The highest BCUT2D eigenvalue weighted by Crippen LogP contribution is 2.30. The topological polar surface area (TPSA) is 66.9 Å². The van der Waals surface area contributed by atoms with Crippen LogP contribution in [-0.2, 0) is 20.9 Å². The molecule has 1 aromatic carbocycles. The lowest BCUT2D eigenvalue weighted by atomic mass is 9.95. The highest BCUT2D eigenvalue weighted by molar-refractivity contribution is 7.89. The average Bonchev–Trinajstić information content (AvgIpc) is 2.52. The standard InChI is InChI=1S/C16H22BF3N2O4S/c1-15(2,3)26-14(23)21-6-8-22(9-7-21)27(24,25)13-10-11(16(18,19)20)4-5-12(13)17/h4-5,10H,6-9,17H2,1-3H3. The summed E-state index contributed by atoms with van der Waals surface area (Å²) < 4.78 is 70.8. The molecule has 150 valence electrons. The Labute approximate surface area is 157 Å². The zero-order chi connectivity index (χ0) is 20.6. The van der Waals surface area contributed by atoms with E-state index in [4.69, 9.17) is 4.74 Å². The third-order valence-corrected chi connectivity index (χ3v) is 6.06. The van der Waals surface area contributed by atoms with Gasteiger partial charge in [-0.25, -0.2) is 13.2 Å². The van der Waals surface area contributed by atoms with Crippen LogP contribution >= 0.6 is 0 Å². The van der Waals surface area contributed by atoms with E-state index in [1.807, 2.05) is 0 Å². The number of nitrogens with zero attached hydrogens (tertiary/aromatic N) is 2. The van der Waals surface area contributed by atoms with Gasteiger partial charge in [-0.15, -0.1) is 0 Å². The normalized spacial score (nSPS) is 17.0. The minimum atomic E-state index is -4.63. The minimum Gasteiger partial charge on any atom is -0.444 e. The highest BCUT2D eigenvalue weighted by atomic mass is 32.2. The second-order valence-electron chi connectivity index (χ2n) is 7.35. The van der Waals surface area contributed by atoms with E-state index in [1.165, 1.54) is 12.7 Å². The van der Waals surface area contributed by atoms with E-state index in [9.17, 15) is 26.4 Å². The molecular weight excluding hydrogens is 384 g/mol. The first-order chi connectivity index (χ1) is 12.2. The number of carbonyl (C=O) groups is 1. The van der Waals surface area contributed by atoms with Gasteiger partial charge < -0.3 is 9.64 Å². The van der Waals surface area contributed by atoms with Crippen molar-refractivity contribution in [3.63, 3.8) is 0 Å². The maximum Gasteiger partial charge on any atom is 0.416 e. The Bertz CT molecular complexity index is 814. The number of alkyl halides is 3. The SMILES string of the molecule is Bc1ccc(C(F)(F)F)cc1S(=O)(=O)N1CCN(C(=O)OC(C)(C)C)CC1. The van der Waals surface area contributed by atoms with Crippen LogP contribution in [0.4, 0.5) is 18.0 Å². The van der Waals surface area contributed by atoms with Crippen LogP contribution in [-0.4, -0.2) is 63.3 Å². The van der Waals surface area contributed by atoms with Crippen molar-refractivity contribution in [3.8, 4) is 0 Å². The molecular formula is C16H22BF3N2O4S. The van der Waals surface area contributed by atoms with Crippen molar-refractivity contribution in [2.24, 2.45) is 0 Å². The maximum atomic E-state index is 12.9. The van der Waals surface area contributed by atoms with Crippen LogP contribution in [0, 0.1) is 0 Å². The Hall–Kier alpha value is -1.75. The zero-order valence-electron chi connectivity index (χ0n) is 15.6. The summed E-state index contributed by atoms with van der Waals surface area (Å²) in [5.41, 5.74) is -1.45. The van der Waals surface area contributed by atoms with Gasteiger partial charge in [0.2, 0.25) is 10.0 Å². The number of piperazine rings is 1. The summed E-state index contributed by atoms with van der Waals surface area (Å²) in [5, 5.41) is 0. The molecule has 6 nitrogen and oxygen atoms in total. The molecule has 27 heavy (non-hydrogen) atoms. The van der Waals surface area contributed by atoms with Crippen molar-refractivity contribution in [1.29, 1.82) is 0 Å². The van der Waals surface area contributed by atoms with Crippen LogP contribution in [0.25, 0.3) is 0 Å². The predicted molar refractivity (Wildman–Crippen MR) is 96.2 cm³/mol. The molecule has 1 aliphatic rings. The number of benzene rings is 1. The highest BCUT2D eigenvalue weighted by Gasteiger charge is 2.35. The maximum absolute atomic E-state index is 12.9. The van der Waals surface area contributed by atoms with Crippen molar-refractivity contribution in [2.45, 2.75) is 37.4 Å². The van der Waals surface area contributed by atoms with E-state index in [0.29, 0.717) is 6.07 Å². The van der Waals surface area contributed by atoms with Gasteiger partial charge in [0, 0.05) is 26.2 Å². The van der Waals surface area contributed by atoms with Crippen LogP contribution in [0.3, 0.4) is 0 Å². The largest absolute Gasteiger partial charge is 0.444 e. The fourth-order valence-electron chi connectivity index (χ4n) is 2.63. The monoisotopic (exact) mass is 406 g/mol. The summed E-state index contributed by atoms with van der Waals surface area (Å²) in [6, 6.07) is 2.66. The Kier molecular flexibility index (Phi) is 5.86. The summed E-state index contributed by atoms with van der Waals surface area (Å²) in [6.07, 6.45) is -5.18. The summed E-state index contributed by atoms with van der Waals surface area (Å²) >= 11 is 0. The number of hydrogen-bond acceptors (Lipinski definition) is 4. The van der Waals surface area contributed by atoms with Crippen molar-refractivity contribution in [3.05, 3.63) is 23.8 Å². The molecule has 1 saturated heterocycles. The Balaban J connectivity index is 2.17.